The van der Waals surface area contributed by atoms with Gasteiger partial charge in [0.1, 0.15) is 11.6 Å². The molecule has 3 saturated heterocycles. The highest BCUT2D eigenvalue weighted by molar-refractivity contribution is 5.95. The fourth-order valence-electron chi connectivity index (χ4n) is 5.01. The van der Waals surface area contributed by atoms with Crippen LogP contribution in [0.4, 0.5) is 20.7 Å². The van der Waals surface area contributed by atoms with Gasteiger partial charge in [0.25, 0.3) is 5.91 Å². The van der Waals surface area contributed by atoms with Gasteiger partial charge in [-0.3, -0.25) is 9.69 Å². The Kier molecular flexibility index (Phi) is 6.12. The lowest BCUT2D eigenvalue weighted by Gasteiger charge is -2.32. The maximum absolute atomic E-state index is 13.7. The van der Waals surface area contributed by atoms with Crippen molar-refractivity contribution >= 4 is 23.5 Å². The molecule has 2 amide bonds. The molecule has 5 rings (SSSR count). The molecule has 1 spiro atoms. The molecule has 0 radical (unpaired) electrons. The molecule has 3 aliphatic heterocycles. The third kappa shape index (κ3) is 4.57. The molecule has 0 aliphatic carbocycles. The number of pyridine rings is 1. The number of benzene rings is 1. The van der Waals surface area contributed by atoms with Crippen molar-refractivity contribution in [1.29, 1.82) is 0 Å². The first-order valence-electron chi connectivity index (χ1n) is 11.8. The van der Waals surface area contributed by atoms with E-state index in [1.165, 1.54) is 23.5 Å². The van der Waals surface area contributed by atoms with Crippen LogP contribution in [-0.2, 0) is 9.47 Å². The number of aromatic nitrogens is 1. The van der Waals surface area contributed by atoms with Gasteiger partial charge in [-0.15, -0.1) is 0 Å². The van der Waals surface area contributed by atoms with Crippen LogP contribution in [0.3, 0.4) is 0 Å². The smallest absolute Gasteiger partial charge is 0.415 e. The Hall–Kier alpha value is -3.20. The van der Waals surface area contributed by atoms with Gasteiger partial charge in [-0.05, 0) is 49.1 Å². The largest absolute Gasteiger partial charge is 0.436 e. The average molecular weight is 469 g/mol. The Balaban J connectivity index is 1.34. The van der Waals surface area contributed by atoms with Crippen molar-refractivity contribution in [2.45, 2.75) is 25.4 Å². The maximum Gasteiger partial charge on any atom is 0.415 e. The van der Waals surface area contributed by atoms with Crippen LogP contribution in [0.5, 0.6) is 0 Å². The fourth-order valence-corrected chi connectivity index (χ4v) is 5.01. The lowest BCUT2D eigenvalue weighted by Crippen LogP contribution is -2.49. The molecular formula is C25H29FN4O4. The first kappa shape index (κ1) is 22.6. The highest BCUT2D eigenvalue weighted by Gasteiger charge is 2.49. The molecule has 0 bridgehead atoms. The van der Waals surface area contributed by atoms with Crippen molar-refractivity contribution in [3.05, 3.63) is 54.0 Å². The zero-order chi connectivity index (χ0) is 23.7. The highest BCUT2D eigenvalue weighted by atomic mass is 19.1. The summed E-state index contributed by atoms with van der Waals surface area (Å²) in [4.78, 5) is 36.0. The van der Waals surface area contributed by atoms with Crippen molar-refractivity contribution in [2.24, 2.45) is 5.92 Å². The molecule has 8 nitrogen and oxygen atoms in total. The summed E-state index contributed by atoms with van der Waals surface area (Å²) in [5.41, 5.74) is -0.0570. The predicted molar refractivity (Wildman–Crippen MR) is 125 cm³/mol. The second kappa shape index (κ2) is 9.21. The quantitative estimate of drug-likeness (QED) is 0.688. The van der Waals surface area contributed by atoms with E-state index in [0.717, 1.165) is 25.3 Å². The lowest BCUT2D eigenvalue weighted by molar-refractivity contribution is -0.0140. The minimum Gasteiger partial charge on any atom is -0.436 e. The summed E-state index contributed by atoms with van der Waals surface area (Å²) in [6.07, 6.45) is 3.41. The first-order chi connectivity index (χ1) is 16.4. The Morgan fingerprint density at radius 3 is 2.91 bits per heavy atom. The number of halogens is 1. The zero-order valence-electron chi connectivity index (χ0n) is 19.3. The maximum atomic E-state index is 13.7. The summed E-state index contributed by atoms with van der Waals surface area (Å²) in [5, 5.41) is 0. The number of hydrogen-bond acceptors (Lipinski definition) is 6. The van der Waals surface area contributed by atoms with E-state index in [4.69, 9.17) is 9.47 Å². The number of ether oxygens (including phenoxy) is 2. The molecule has 3 aliphatic rings. The first-order valence-corrected chi connectivity index (χ1v) is 11.8. The van der Waals surface area contributed by atoms with Gasteiger partial charge in [-0.1, -0.05) is 13.0 Å². The van der Waals surface area contributed by atoms with Crippen LogP contribution in [0.25, 0.3) is 0 Å². The monoisotopic (exact) mass is 468 g/mol. The van der Waals surface area contributed by atoms with E-state index in [1.54, 1.807) is 29.3 Å². The Bertz CT molecular complexity index is 1080. The Morgan fingerprint density at radius 1 is 1.21 bits per heavy atom. The van der Waals surface area contributed by atoms with Crippen LogP contribution in [0, 0.1) is 11.7 Å². The van der Waals surface area contributed by atoms with E-state index >= 15 is 0 Å². The van der Waals surface area contributed by atoms with Gasteiger partial charge in [-0.25, -0.2) is 14.2 Å². The molecule has 180 valence electrons. The van der Waals surface area contributed by atoms with Gasteiger partial charge in [0, 0.05) is 31.4 Å². The molecular weight excluding hydrogens is 439 g/mol. The minimum absolute atomic E-state index is 0.154. The van der Waals surface area contributed by atoms with Crippen molar-refractivity contribution in [3.63, 3.8) is 0 Å². The molecule has 3 fully saturated rings. The molecule has 2 atom stereocenters. The molecule has 1 aromatic heterocycles. The van der Waals surface area contributed by atoms with E-state index in [2.05, 4.69) is 16.8 Å². The van der Waals surface area contributed by atoms with Crippen LogP contribution in [0.2, 0.25) is 0 Å². The normalized spacial score (nSPS) is 25.4. The standard InChI is InChI=1S/C25H29FN4O4/c1-18-4-3-9-28(14-18)22-12-19(7-8-27-22)23(31)29-10-11-33-17-25(15-29)16-30(24(32)34-25)21-6-2-5-20(26)13-21/h2,5-8,12-13,18H,3-4,9-11,14-17H2,1H3/t18-,25+/m1/s1. The van der Waals surface area contributed by atoms with Crippen molar-refractivity contribution in [3.8, 4) is 0 Å². The predicted octanol–water partition coefficient (Wildman–Crippen LogP) is 3.33. The fraction of sp³-hybridized carbons (Fsp3) is 0.480. The number of rotatable bonds is 3. The Labute approximate surface area is 198 Å². The molecule has 4 heterocycles. The number of carbonyl (C=O) groups is 2. The number of piperidine rings is 1. The van der Waals surface area contributed by atoms with Crippen LogP contribution < -0.4 is 9.80 Å². The van der Waals surface area contributed by atoms with Gasteiger partial charge in [-0.2, -0.15) is 0 Å². The van der Waals surface area contributed by atoms with Crippen molar-refractivity contribution in [2.75, 3.05) is 55.7 Å². The van der Waals surface area contributed by atoms with Crippen LogP contribution >= 0.6 is 0 Å². The number of hydrogen-bond donors (Lipinski definition) is 0. The summed E-state index contributed by atoms with van der Waals surface area (Å²) in [6, 6.07) is 9.39. The van der Waals surface area contributed by atoms with E-state index in [-0.39, 0.29) is 25.6 Å². The lowest BCUT2D eigenvalue weighted by atomic mass is 10.0. The SMILES string of the molecule is C[C@@H]1CCCN(c2cc(C(=O)N3CCOC[C@]4(C3)CN(c3cccc(F)c3)C(=O)O4)ccn2)C1. The third-order valence-electron chi connectivity index (χ3n) is 6.70. The summed E-state index contributed by atoms with van der Waals surface area (Å²) in [5.74, 6) is 0.814. The van der Waals surface area contributed by atoms with Gasteiger partial charge >= 0.3 is 6.09 Å². The van der Waals surface area contributed by atoms with Gasteiger partial charge in [0.15, 0.2) is 5.60 Å². The minimum atomic E-state index is -1.02. The zero-order valence-corrected chi connectivity index (χ0v) is 19.3. The van der Waals surface area contributed by atoms with E-state index in [9.17, 15) is 14.0 Å². The van der Waals surface area contributed by atoms with E-state index in [1.807, 2.05) is 6.07 Å². The number of amides is 2. The number of carbonyl (C=O) groups excluding carboxylic acids is 2. The Morgan fingerprint density at radius 2 is 2.09 bits per heavy atom. The molecule has 34 heavy (non-hydrogen) atoms. The van der Waals surface area contributed by atoms with Crippen LogP contribution in [0.1, 0.15) is 30.1 Å². The second-order valence-electron chi connectivity index (χ2n) is 9.49. The van der Waals surface area contributed by atoms with Crippen molar-refractivity contribution in [1.82, 2.24) is 9.88 Å². The molecule has 1 aromatic carbocycles. The molecule has 0 unspecified atom stereocenters. The molecule has 9 heteroatoms. The van der Waals surface area contributed by atoms with Crippen LogP contribution in [-0.4, -0.2) is 73.4 Å². The van der Waals surface area contributed by atoms with Gasteiger partial charge in [0.2, 0.25) is 0 Å². The third-order valence-corrected chi connectivity index (χ3v) is 6.70. The van der Waals surface area contributed by atoms with E-state index in [0.29, 0.717) is 30.3 Å². The number of anilines is 2. The summed E-state index contributed by atoms with van der Waals surface area (Å²) < 4.78 is 25.2. The topological polar surface area (TPSA) is 75.2 Å². The number of nitrogens with zero attached hydrogens (tertiary/aromatic N) is 4. The molecule has 0 saturated carbocycles. The highest BCUT2D eigenvalue weighted by Crippen LogP contribution is 2.31. The summed E-state index contributed by atoms with van der Waals surface area (Å²) in [7, 11) is 0. The van der Waals surface area contributed by atoms with E-state index < -0.39 is 17.5 Å². The molecule has 2 aromatic rings. The van der Waals surface area contributed by atoms with Crippen LogP contribution in [0.15, 0.2) is 42.6 Å². The molecule has 0 N–H and O–H groups in total. The second-order valence-corrected chi connectivity index (χ2v) is 9.49. The average Bonchev–Trinajstić information content (AvgIpc) is 3.02. The van der Waals surface area contributed by atoms with Gasteiger partial charge in [0.05, 0.1) is 32.0 Å². The van der Waals surface area contributed by atoms with Crippen molar-refractivity contribution < 1.29 is 23.5 Å². The van der Waals surface area contributed by atoms with Gasteiger partial charge < -0.3 is 19.3 Å². The summed E-state index contributed by atoms with van der Waals surface area (Å²) >= 11 is 0. The summed E-state index contributed by atoms with van der Waals surface area (Å²) in [6.45, 7) is 5.35.